The molecule has 5 nitrogen and oxygen atoms in total. The molecule has 2 aromatic heterocycles. The molecule has 114 valence electrons. The second-order valence-electron chi connectivity index (χ2n) is 5.82. The molecule has 0 aliphatic heterocycles. The van der Waals surface area contributed by atoms with Gasteiger partial charge in [0.2, 0.25) is 0 Å². The highest BCUT2D eigenvalue weighted by molar-refractivity contribution is 7.00. The van der Waals surface area contributed by atoms with Crippen LogP contribution in [0.2, 0.25) is 0 Å². The van der Waals surface area contributed by atoms with Crippen LogP contribution in [0.5, 0.6) is 0 Å². The summed E-state index contributed by atoms with van der Waals surface area (Å²) >= 11 is 1.26. The van der Waals surface area contributed by atoms with Gasteiger partial charge in [0.05, 0.1) is 17.4 Å². The topological polar surface area (TPSA) is 54.8 Å². The lowest BCUT2D eigenvalue weighted by molar-refractivity contribution is 0.314. The van der Waals surface area contributed by atoms with Crippen LogP contribution in [-0.4, -0.2) is 30.7 Å². The van der Waals surface area contributed by atoms with Gasteiger partial charge in [0.1, 0.15) is 16.9 Å². The summed E-state index contributed by atoms with van der Waals surface area (Å²) < 4.78 is 8.53. The summed E-state index contributed by atoms with van der Waals surface area (Å²) in [6.07, 6.45) is 1.85. The van der Waals surface area contributed by atoms with Crippen molar-refractivity contribution in [2.45, 2.75) is 32.9 Å². The van der Waals surface area contributed by atoms with E-state index in [-0.39, 0.29) is 0 Å². The van der Waals surface area contributed by atoms with Gasteiger partial charge in [0.25, 0.3) is 0 Å². The molecule has 0 bridgehead atoms. The first kappa shape index (κ1) is 15.0. The Morgan fingerprint density at radius 2 is 1.91 bits per heavy atom. The molecule has 1 aromatic carbocycles. The maximum absolute atomic E-state index is 4.62. The van der Waals surface area contributed by atoms with E-state index in [1.54, 1.807) is 0 Å². The van der Waals surface area contributed by atoms with Crippen LogP contribution in [0, 0.1) is 0 Å². The second kappa shape index (κ2) is 6.46. The Balaban J connectivity index is 1.69. The zero-order valence-corrected chi connectivity index (χ0v) is 13.8. The van der Waals surface area contributed by atoms with E-state index >= 15 is 0 Å². The summed E-state index contributed by atoms with van der Waals surface area (Å²) in [7, 11) is 2.10. The third-order valence-corrected chi connectivity index (χ3v) is 4.01. The monoisotopic (exact) mass is 313 g/mol. The van der Waals surface area contributed by atoms with E-state index in [4.69, 9.17) is 0 Å². The average Bonchev–Trinajstić information content (AvgIpc) is 2.95. The smallest absolute Gasteiger partial charge is 0.131 e. The van der Waals surface area contributed by atoms with E-state index in [0.717, 1.165) is 35.6 Å². The number of rotatable bonds is 5. The first-order valence-electron chi connectivity index (χ1n) is 7.33. The lowest BCUT2D eigenvalue weighted by atomic mass is 10.2. The predicted octanol–water partition coefficient (Wildman–Crippen LogP) is 3.24. The fraction of sp³-hybridized carbons (Fsp3) is 0.375. The molecule has 0 aliphatic rings. The number of aromatic nitrogens is 4. The molecule has 2 heterocycles. The Hall–Kier alpha value is -1.92. The summed E-state index contributed by atoms with van der Waals surface area (Å²) in [4.78, 5) is 11.2. The highest BCUT2D eigenvalue weighted by Gasteiger charge is 2.08. The summed E-state index contributed by atoms with van der Waals surface area (Å²) in [5.74, 6) is 1.26. The van der Waals surface area contributed by atoms with Crippen LogP contribution in [0.3, 0.4) is 0 Å². The van der Waals surface area contributed by atoms with E-state index < -0.39 is 0 Å². The fourth-order valence-electron chi connectivity index (χ4n) is 2.35. The number of nitrogens with zero attached hydrogens (tertiary/aromatic N) is 5. The molecule has 0 saturated heterocycles. The maximum atomic E-state index is 4.62. The van der Waals surface area contributed by atoms with Crippen LogP contribution < -0.4 is 0 Å². The van der Waals surface area contributed by atoms with Crippen molar-refractivity contribution in [3.05, 3.63) is 47.5 Å². The van der Waals surface area contributed by atoms with Gasteiger partial charge in [-0.05, 0) is 30.8 Å². The lowest BCUT2D eigenvalue weighted by Crippen LogP contribution is -2.18. The number of hydrogen-bond donors (Lipinski definition) is 0. The summed E-state index contributed by atoms with van der Waals surface area (Å²) in [5.41, 5.74) is 4.23. The lowest BCUT2D eigenvalue weighted by Gasteiger charge is -2.17. The van der Waals surface area contributed by atoms with E-state index in [0.29, 0.717) is 5.92 Å². The Bertz CT molecular complexity index is 768. The van der Waals surface area contributed by atoms with Crippen LogP contribution in [0.1, 0.15) is 36.8 Å². The third-order valence-electron chi connectivity index (χ3n) is 3.45. The summed E-state index contributed by atoms with van der Waals surface area (Å²) in [6.45, 7) is 5.88. The second-order valence-corrected chi connectivity index (χ2v) is 6.35. The van der Waals surface area contributed by atoms with E-state index in [1.807, 2.05) is 18.3 Å². The van der Waals surface area contributed by atoms with Crippen molar-refractivity contribution in [3.63, 3.8) is 0 Å². The van der Waals surface area contributed by atoms with Gasteiger partial charge < -0.3 is 0 Å². The predicted molar refractivity (Wildman–Crippen MR) is 88.7 cm³/mol. The number of fused-ring (bicyclic) bond motifs is 1. The molecule has 0 atom stereocenters. The molecule has 22 heavy (non-hydrogen) atoms. The number of benzene rings is 1. The molecule has 0 unspecified atom stereocenters. The molecule has 0 aliphatic carbocycles. The van der Waals surface area contributed by atoms with Gasteiger partial charge in [-0.2, -0.15) is 8.75 Å². The van der Waals surface area contributed by atoms with Gasteiger partial charge in [0, 0.05) is 25.2 Å². The van der Waals surface area contributed by atoms with Gasteiger partial charge in [-0.1, -0.05) is 19.9 Å². The van der Waals surface area contributed by atoms with Crippen LogP contribution >= 0.6 is 11.7 Å². The van der Waals surface area contributed by atoms with Gasteiger partial charge in [-0.25, -0.2) is 9.97 Å². The Labute approximate surface area is 134 Å². The van der Waals surface area contributed by atoms with Crippen LogP contribution in [0.4, 0.5) is 0 Å². The minimum atomic E-state index is 0.352. The third kappa shape index (κ3) is 3.45. The van der Waals surface area contributed by atoms with Crippen molar-refractivity contribution in [2.24, 2.45) is 0 Å². The van der Waals surface area contributed by atoms with Crippen molar-refractivity contribution in [1.82, 2.24) is 23.6 Å². The zero-order valence-electron chi connectivity index (χ0n) is 13.0. The van der Waals surface area contributed by atoms with Crippen molar-refractivity contribution in [1.29, 1.82) is 0 Å². The molecular formula is C16H19N5S. The maximum Gasteiger partial charge on any atom is 0.131 e. The van der Waals surface area contributed by atoms with Crippen LogP contribution in [0.15, 0.2) is 30.5 Å². The molecule has 0 spiro atoms. The SMILES string of the molecule is CC(C)c1nccc(CN(C)Cc2ccc3nsnc3c2)n1. The Morgan fingerprint density at radius 1 is 1.09 bits per heavy atom. The molecule has 3 rings (SSSR count). The minimum Gasteiger partial charge on any atom is -0.296 e. The molecule has 0 N–H and O–H groups in total. The quantitative estimate of drug-likeness (QED) is 0.724. The molecule has 6 heteroatoms. The van der Waals surface area contributed by atoms with Gasteiger partial charge >= 0.3 is 0 Å². The Morgan fingerprint density at radius 3 is 2.73 bits per heavy atom. The van der Waals surface area contributed by atoms with E-state index in [1.165, 1.54) is 17.3 Å². The first-order chi connectivity index (χ1) is 10.6. The van der Waals surface area contributed by atoms with E-state index in [2.05, 4.69) is 56.6 Å². The summed E-state index contributed by atoms with van der Waals surface area (Å²) in [5, 5.41) is 0. The molecule has 3 aromatic rings. The fourth-order valence-corrected chi connectivity index (χ4v) is 2.87. The summed E-state index contributed by atoms with van der Waals surface area (Å²) in [6, 6.07) is 8.23. The van der Waals surface area contributed by atoms with Crippen molar-refractivity contribution >= 4 is 22.8 Å². The molecule has 0 amide bonds. The van der Waals surface area contributed by atoms with Crippen LogP contribution in [-0.2, 0) is 13.1 Å². The van der Waals surface area contributed by atoms with Gasteiger partial charge in [-0.15, -0.1) is 0 Å². The molecule has 0 radical (unpaired) electrons. The normalized spacial score (nSPS) is 11.7. The highest BCUT2D eigenvalue weighted by atomic mass is 32.1. The van der Waals surface area contributed by atoms with Crippen molar-refractivity contribution in [3.8, 4) is 0 Å². The zero-order chi connectivity index (χ0) is 15.5. The van der Waals surface area contributed by atoms with Crippen LogP contribution in [0.25, 0.3) is 11.0 Å². The number of hydrogen-bond acceptors (Lipinski definition) is 6. The molecule has 0 saturated carbocycles. The molecule has 0 fully saturated rings. The van der Waals surface area contributed by atoms with Gasteiger partial charge in [0.15, 0.2) is 0 Å². The Kier molecular flexibility index (Phi) is 4.40. The van der Waals surface area contributed by atoms with Crippen molar-refractivity contribution in [2.75, 3.05) is 7.05 Å². The van der Waals surface area contributed by atoms with E-state index in [9.17, 15) is 0 Å². The molecular weight excluding hydrogens is 294 g/mol. The minimum absolute atomic E-state index is 0.352. The standard InChI is InChI=1S/C16H19N5S/c1-11(2)16-17-7-6-13(18-16)10-21(3)9-12-4-5-14-15(8-12)20-22-19-14/h4-8,11H,9-10H2,1-3H3. The largest absolute Gasteiger partial charge is 0.296 e. The highest BCUT2D eigenvalue weighted by Crippen LogP contribution is 2.15. The average molecular weight is 313 g/mol. The first-order valence-corrected chi connectivity index (χ1v) is 8.06. The van der Waals surface area contributed by atoms with Gasteiger partial charge in [-0.3, -0.25) is 4.90 Å². The van der Waals surface area contributed by atoms with Crippen molar-refractivity contribution < 1.29 is 0 Å².